The molecular weight excluding hydrogens is 304 g/mol. The molecule has 0 bridgehead atoms. The van der Waals surface area contributed by atoms with Crippen molar-refractivity contribution >= 4 is 16.8 Å². The molecule has 0 atom stereocenters. The highest BCUT2D eigenvalue weighted by molar-refractivity contribution is 5.86. The zero-order chi connectivity index (χ0) is 16.4. The second-order valence-corrected chi connectivity index (χ2v) is 5.01. The first-order valence-electron chi connectivity index (χ1n) is 7.05. The van der Waals surface area contributed by atoms with Crippen LogP contribution in [0, 0.1) is 18.6 Å². The van der Waals surface area contributed by atoms with Crippen molar-refractivity contribution in [3.8, 4) is 5.75 Å². The first-order chi connectivity index (χ1) is 11.1. The van der Waals surface area contributed by atoms with Crippen LogP contribution in [0.5, 0.6) is 5.75 Å². The van der Waals surface area contributed by atoms with Crippen LogP contribution in [-0.4, -0.2) is 23.6 Å². The summed E-state index contributed by atoms with van der Waals surface area (Å²) in [5.74, 6) is -0.520. The Bertz CT molecular complexity index is 834. The van der Waals surface area contributed by atoms with Crippen LogP contribution in [-0.2, 0) is 6.42 Å². The number of hydrogen-bond acceptors (Lipinski definition) is 5. The maximum absolute atomic E-state index is 14.4. The Morgan fingerprint density at radius 3 is 2.83 bits per heavy atom. The van der Waals surface area contributed by atoms with Crippen molar-refractivity contribution in [3.63, 3.8) is 0 Å². The molecule has 23 heavy (non-hydrogen) atoms. The van der Waals surface area contributed by atoms with E-state index in [2.05, 4.69) is 15.3 Å². The largest absolute Gasteiger partial charge is 0.492 e. The van der Waals surface area contributed by atoms with Crippen LogP contribution in [0.3, 0.4) is 0 Å². The SMILES string of the molecule is COc1c(CCNc2ccncn2)c(F)c(F)c2cc(C)oc12. The van der Waals surface area contributed by atoms with E-state index < -0.39 is 11.6 Å². The van der Waals surface area contributed by atoms with Crippen LogP contribution in [0.25, 0.3) is 11.0 Å². The van der Waals surface area contributed by atoms with Crippen LogP contribution in [0.1, 0.15) is 11.3 Å². The van der Waals surface area contributed by atoms with Gasteiger partial charge in [-0.25, -0.2) is 18.7 Å². The summed E-state index contributed by atoms with van der Waals surface area (Å²) in [5.41, 5.74) is 0.356. The summed E-state index contributed by atoms with van der Waals surface area (Å²) in [6, 6.07) is 3.15. The van der Waals surface area contributed by atoms with Crippen molar-refractivity contribution in [2.75, 3.05) is 19.0 Å². The van der Waals surface area contributed by atoms with Gasteiger partial charge in [0.2, 0.25) is 0 Å². The second kappa shape index (κ2) is 6.20. The highest BCUT2D eigenvalue weighted by atomic mass is 19.2. The minimum atomic E-state index is -0.922. The number of ether oxygens (including phenoxy) is 1. The highest BCUT2D eigenvalue weighted by Gasteiger charge is 2.23. The molecule has 0 amide bonds. The molecule has 0 spiro atoms. The van der Waals surface area contributed by atoms with Gasteiger partial charge >= 0.3 is 0 Å². The lowest BCUT2D eigenvalue weighted by atomic mass is 10.1. The van der Waals surface area contributed by atoms with Gasteiger partial charge in [-0.1, -0.05) is 0 Å². The van der Waals surface area contributed by atoms with Crippen LogP contribution in [0.15, 0.2) is 29.1 Å². The van der Waals surface area contributed by atoms with Gasteiger partial charge in [0.05, 0.1) is 12.5 Å². The minimum Gasteiger partial charge on any atom is -0.492 e. The van der Waals surface area contributed by atoms with E-state index in [0.717, 1.165) is 0 Å². The lowest BCUT2D eigenvalue weighted by Crippen LogP contribution is -2.09. The van der Waals surface area contributed by atoms with Crippen LogP contribution in [0.2, 0.25) is 0 Å². The van der Waals surface area contributed by atoms with Crippen molar-refractivity contribution < 1.29 is 17.9 Å². The molecule has 3 rings (SSSR count). The van der Waals surface area contributed by atoms with E-state index in [4.69, 9.17) is 9.15 Å². The van der Waals surface area contributed by atoms with Gasteiger partial charge in [-0.2, -0.15) is 0 Å². The lowest BCUT2D eigenvalue weighted by Gasteiger charge is -2.12. The Balaban J connectivity index is 1.91. The van der Waals surface area contributed by atoms with Crippen molar-refractivity contribution in [1.82, 2.24) is 9.97 Å². The van der Waals surface area contributed by atoms with Crippen LogP contribution >= 0.6 is 0 Å². The molecule has 1 aromatic carbocycles. The molecule has 0 unspecified atom stereocenters. The summed E-state index contributed by atoms with van der Waals surface area (Å²) < 4.78 is 39.3. The normalized spacial score (nSPS) is 11.0. The molecule has 0 aliphatic rings. The summed E-state index contributed by atoms with van der Waals surface area (Å²) in [6.07, 6.45) is 3.21. The Morgan fingerprint density at radius 2 is 2.13 bits per heavy atom. The number of anilines is 1. The number of rotatable bonds is 5. The quantitative estimate of drug-likeness (QED) is 0.780. The predicted molar refractivity (Wildman–Crippen MR) is 81.6 cm³/mol. The van der Waals surface area contributed by atoms with E-state index in [0.29, 0.717) is 18.1 Å². The second-order valence-electron chi connectivity index (χ2n) is 5.01. The third-order valence-corrected chi connectivity index (χ3v) is 3.50. The molecule has 2 heterocycles. The summed E-state index contributed by atoms with van der Waals surface area (Å²) in [5, 5.41) is 3.11. The van der Waals surface area contributed by atoms with Gasteiger partial charge in [0.1, 0.15) is 17.9 Å². The van der Waals surface area contributed by atoms with Gasteiger partial charge in [-0.3, -0.25) is 0 Å². The monoisotopic (exact) mass is 319 g/mol. The Hall–Kier alpha value is -2.70. The molecule has 3 aromatic rings. The summed E-state index contributed by atoms with van der Waals surface area (Å²) in [4.78, 5) is 7.81. The van der Waals surface area contributed by atoms with Crippen molar-refractivity contribution in [2.24, 2.45) is 0 Å². The number of methoxy groups -OCH3 is 1. The number of fused-ring (bicyclic) bond motifs is 1. The molecule has 5 nitrogen and oxygen atoms in total. The number of furan rings is 1. The standard InChI is InChI=1S/C16H15F2N3O2/c1-9-7-11-14(18)13(17)10(15(22-2)16(11)23-9)3-6-20-12-4-5-19-8-21-12/h4-5,7-8H,3,6H2,1-2H3,(H,19,20,21). The summed E-state index contributed by atoms with van der Waals surface area (Å²) in [6.45, 7) is 2.03. The van der Waals surface area contributed by atoms with E-state index in [-0.39, 0.29) is 28.7 Å². The van der Waals surface area contributed by atoms with Crippen LogP contribution < -0.4 is 10.1 Å². The average Bonchev–Trinajstić information content (AvgIpc) is 2.95. The first kappa shape index (κ1) is 15.2. The average molecular weight is 319 g/mol. The van der Waals surface area contributed by atoms with Crippen molar-refractivity contribution in [2.45, 2.75) is 13.3 Å². The third-order valence-electron chi connectivity index (χ3n) is 3.50. The van der Waals surface area contributed by atoms with Gasteiger partial charge in [0.25, 0.3) is 0 Å². The summed E-state index contributed by atoms with van der Waals surface area (Å²) in [7, 11) is 1.41. The molecular formula is C16H15F2N3O2. The van der Waals surface area contributed by atoms with Crippen LogP contribution in [0.4, 0.5) is 14.6 Å². The third kappa shape index (κ3) is 2.81. The number of aromatic nitrogens is 2. The molecule has 0 radical (unpaired) electrons. The molecule has 2 aromatic heterocycles. The fraction of sp³-hybridized carbons (Fsp3) is 0.250. The molecule has 0 fully saturated rings. The molecule has 120 valence electrons. The number of hydrogen-bond donors (Lipinski definition) is 1. The van der Waals surface area contributed by atoms with Gasteiger partial charge < -0.3 is 14.5 Å². The number of halogens is 2. The maximum Gasteiger partial charge on any atom is 0.179 e. The van der Waals surface area contributed by atoms with Gasteiger partial charge in [0, 0.05) is 18.3 Å². The van der Waals surface area contributed by atoms with Crippen molar-refractivity contribution in [3.05, 3.63) is 47.6 Å². The number of benzene rings is 1. The van der Waals surface area contributed by atoms with E-state index in [1.54, 1.807) is 19.2 Å². The van der Waals surface area contributed by atoms with E-state index in [9.17, 15) is 8.78 Å². The molecule has 7 heteroatoms. The Morgan fingerprint density at radius 1 is 1.30 bits per heavy atom. The smallest absolute Gasteiger partial charge is 0.179 e. The molecule has 0 saturated heterocycles. The molecule has 0 aliphatic heterocycles. The Kier molecular flexibility index (Phi) is 4.10. The summed E-state index contributed by atoms with van der Waals surface area (Å²) >= 11 is 0. The van der Waals surface area contributed by atoms with Gasteiger partial charge in [-0.05, 0) is 25.5 Å². The van der Waals surface area contributed by atoms with E-state index >= 15 is 0 Å². The van der Waals surface area contributed by atoms with Gasteiger partial charge in [0.15, 0.2) is 23.0 Å². The lowest BCUT2D eigenvalue weighted by molar-refractivity contribution is 0.394. The fourth-order valence-electron chi connectivity index (χ4n) is 2.48. The van der Waals surface area contributed by atoms with E-state index in [1.807, 2.05) is 0 Å². The topological polar surface area (TPSA) is 60.2 Å². The maximum atomic E-state index is 14.4. The number of nitrogens with one attached hydrogen (secondary N) is 1. The van der Waals surface area contributed by atoms with Crippen molar-refractivity contribution in [1.29, 1.82) is 0 Å². The first-order valence-corrected chi connectivity index (χ1v) is 7.05. The molecule has 0 aliphatic carbocycles. The Labute approximate surface area is 131 Å². The zero-order valence-corrected chi connectivity index (χ0v) is 12.7. The molecule has 0 saturated carbocycles. The molecule has 1 N–H and O–H groups in total. The van der Waals surface area contributed by atoms with E-state index in [1.165, 1.54) is 19.5 Å². The predicted octanol–water partition coefficient (Wildman–Crippen LogP) is 3.47. The minimum absolute atomic E-state index is 0.0874. The number of aryl methyl sites for hydroxylation is 1. The van der Waals surface area contributed by atoms with Gasteiger partial charge in [-0.15, -0.1) is 0 Å². The fourth-order valence-corrected chi connectivity index (χ4v) is 2.48. The number of nitrogens with zero attached hydrogens (tertiary/aromatic N) is 2. The zero-order valence-electron chi connectivity index (χ0n) is 12.7. The highest BCUT2D eigenvalue weighted by Crippen LogP contribution is 2.36.